The average Bonchev–Trinajstić information content (AvgIpc) is 2.99. The number of nitrogens with one attached hydrogen (secondary N) is 1. The molecular weight excluding hydrogens is 320 g/mol. The van der Waals surface area contributed by atoms with E-state index in [9.17, 15) is 9.59 Å². The first kappa shape index (κ1) is 17.7. The van der Waals surface area contributed by atoms with Crippen LogP contribution in [0.15, 0.2) is 24.3 Å². The van der Waals surface area contributed by atoms with Crippen LogP contribution < -0.4 is 10.1 Å². The van der Waals surface area contributed by atoms with E-state index in [1.807, 2.05) is 12.1 Å². The zero-order valence-corrected chi connectivity index (χ0v) is 14.9. The van der Waals surface area contributed by atoms with Gasteiger partial charge in [-0.15, -0.1) is 0 Å². The Morgan fingerprint density at radius 3 is 2.56 bits per heavy atom. The number of benzene rings is 1. The summed E-state index contributed by atoms with van der Waals surface area (Å²) in [6, 6.07) is 8.06. The average molecular weight is 346 g/mol. The standard InChI is InChI=1S/C19H26N2O4/c1-21-12-14(11-17(21)22)18(23)20-13-19(7-9-25-10-8-19)15-3-5-16(24-2)6-4-15/h3-6,14H,7-13H2,1-2H3,(H,20,23)/t14-/m0/s1. The second-order valence-electron chi connectivity index (χ2n) is 7.01. The maximum atomic E-state index is 12.5. The molecule has 1 aromatic rings. The van der Waals surface area contributed by atoms with Gasteiger partial charge < -0.3 is 19.7 Å². The molecule has 2 aliphatic heterocycles. The van der Waals surface area contributed by atoms with Crippen molar-refractivity contribution in [1.82, 2.24) is 10.2 Å². The number of carbonyl (C=O) groups excluding carboxylic acids is 2. The summed E-state index contributed by atoms with van der Waals surface area (Å²) in [5, 5.41) is 3.10. The largest absolute Gasteiger partial charge is 0.497 e. The van der Waals surface area contributed by atoms with Crippen LogP contribution in [-0.2, 0) is 19.7 Å². The third-order valence-corrected chi connectivity index (χ3v) is 5.47. The van der Waals surface area contributed by atoms with Crippen molar-refractivity contribution in [3.05, 3.63) is 29.8 Å². The summed E-state index contributed by atoms with van der Waals surface area (Å²) in [5.74, 6) is 0.584. The molecule has 6 nitrogen and oxygen atoms in total. The van der Waals surface area contributed by atoms with Gasteiger partial charge in [0, 0.05) is 45.2 Å². The number of methoxy groups -OCH3 is 1. The van der Waals surface area contributed by atoms with Crippen molar-refractivity contribution in [2.45, 2.75) is 24.7 Å². The fourth-order valence-corrected chi connectivity index (χ4v) is 3.71. The highest BCUT2D eigenvalue weighted by Gasteiger charge is 2.37. The molecule has 2 aliphatic rings. The van der Waals surface area contributed by atoms with Gasteiger partial charge in [0.15, 0.2) is 0 Å². The molecule has 2 saturated heterocycles. The van der Waals surface area contributed by atoms with Crippen molar-refractivity contribution >= 4 is 11.8 Å². The number of hydrogen-bond donors (Lipinski definition) is 1. The highest BCUT2D eigenvalue weighted by atomic mass is 16.5. The van der Waals surface area contributed by atoms with Crippen LogP contribution >= 0.6 is 0 Å². The summed E-state index contributed by atoms with van der Waals surface area (Å²) < 4.78 is 10.8. The van der Waals surface area contributed by atoms with E-state index in [0.717, 1.165) is 18.6 Å². The van der Waals surface area contributed by atoms with E-state index < -0.39 is 0 Å². The lowest BCUT2D eigenvalue weighted by atomic mass is 9.74. The van der Waals surface area contributed by atoms with Crippen LogP contribution in [0.2, 0.25) is 0 Å². The van der Waals surface area contributed by atoms with Gasteiger partial charge in [0.1, 0.15) is 5.75 Å². The normalized spacial score (nSPS) is 22.7. The van der Waals surface area contributed by atoms with Crippen LogP contribution in [0.1, 0.15) is 24.8 Å². The molecular formula is C19H26N2O4. The smallest absolute Gasteiger partial charge is 0.225 e. The fourth-order valence-electron chi connectivity index (χ4n) is 3.71. The lowest BCUT2D eigenvalue weighted by molar-refractivity contribution is -0.128. The summed E-state index contributed by atoms with van der Waals surface area (Å²) >= 11 is 0. The molecule has 0 radical (unpaired) electrons. The molecule has 2 fully saturated rings. The molecule has 0 unspecified atom stereocenters. The Morgan fingerprint density at radius 1 is 1.32 bits per heavy atom. The van der Waals surface area contributed by atoms with Crippen LogP contribution in [0.4, 0.5) is 0 Å². The highest BCUT2D eigenvalue weighted by molar-refractivity contribution is 5.89. The second-order valence-corrected chi connectivity index (χ2v) is 7.01. The number of rotatable bonds is 5. The maximum absolute atomic E-state index is 12.5. The van der Waals surface area contributed by atoms with Crippen LogP contribution in [0.3, 0.4) is 0 Å². The quantitative estimate of drug-likeness (QED) is 0.874. The van der Waals surface area contributed by atoms with Crippen molar-refractivity contribution < 1.29 is 19.1 Å². The highest BCUT2D eigenvalue weighted by Crippen LogP contribution is 2.35. The van der Waals surface area contributed by atoms with Crippen molar-refractivity contribution in [3.8, 4) is 5.75 Å². The van der Waals surface area contributed by atoms with Gasteiger partial charge >= 0.3 is 0 Å². The summed E-state index contributed by atoms with van der Waals surface area (Å²) in [5.41, 5.74) is 1.06. The van der Waals surface area contributed by atoms with E-state index in [4.69, 9.17) is 9.47 Å². The molecule has 25 heavy (non-hydrogen) atoms. The monoisotopic (exact) mass is 346 g/mol. The molecule has 0 aliphatic carbocycles. The van der Waals surface area contributed by atoms with Crippen LogP contribution in [0.5, 0.6) is 5.75 Å². The van der Waals surface area contributed by atoms with Gasteiger partial charge in [0.2, 0.25) is 11.8 Å². The first-order valence-corrected chi connectivity index (χ1v) is 8.78. The Kier molecular flexibility index (Phi) is 5.27. The van der Waals surface area contributed by atoms with E-state index in [0.29, 0.717) is 32.7 Å². The first-order chi connectivity index (χ1) is 12.0. The molecule has 1 N–H and O–H groups in total. The fraction of sp³-hybridized carbons (Fsp3) is 0.579. The Bertz CT molecular complexity index is 623. The molecule has 0 aromatic heterocycles. The van der Waals surface area contributed by atoms with Gasteiger partial charge in [-0.3, -0.25) is 9.59 Å². The minimum absolute atomic E-state index is 0.0305. The van der Waals surface area contributed by atoms with Crippen molar-refractivity contribution in [3.63, 3.8) is 0 Å². The topological polar surface area (TPSA) is 67.9 Å². The van der Waals surface area contributed by atoms with Gasteiger partial charge in [0.25, 0.3) is 0 Å². The van der Waals surface area contributed by atoms with Gasteiger partial charge in [-0.2, -0.15) is 0 Å². The zero-order valence-electron chi connectivity index (χ0n) is 14.9. The zero-order chi connectivity index (χ0) is 17.9. The van der Waals surface area contributed by atoms with Crippen LogP contribution in [0.25, 0.3) is 0 Å². The predicted molar refractivity (Wildman–Crippen MR) is 93.5 cm³/mol. The third kappa shape index (κ3) is 3.79. The predicted octanol–water partition coefficient (Wildman–Crippen LogP) is 1.34. The molecule has 6 heteroatoms. The number of amides is 2. The van der Waals surface area contributed by atoms with E-state index in [1.165, 1.54) is 5.56 Å². The lowest BCUT2D eigenvalue weighted by Crippen LogP contribution is -2.46. The van der Waals surface area contributed by atoms with E-state index in [-0.39, 0.29) is 23.1 Å². The molecule has 2 heterocycles. The molecule has 0 saturated carbocycles. The Balaban J connectivity index is 1.70. The number of nitrogens with zero attached hydrogens (tertiary/aromatic N) is 1. The number of ether oxygens (including phenoxy) is 2. The molecule has 1 atom stereocenters. The Labute approximate surface area is 148 Å². The summed E-state index contributed by atoms with van der Waals surface area (Å²) in [6.45, 7) is 2.44. The molecule has 0 bridgehead atoms. The van der Waals surface area contributed by atoms with E-state index in [1.54, 1.807) is 19.1 Å². The van der Waals surface area contributed by atoms with E-state index >= 15 is 0 Å². The van der Waals surface area contributed by atoms with Gasteiger partial charge in [-0.05, 0) is 30.5 Å². The molecule has 3 rings (SSSR count). The number of likely N-dealkylation sites (tertiary alicyclic amines) is 1. The second kappa shape index (κ2) is 7.44. The minimum Gasteiger partial charge on any atom is -0.497 e. The van der Waals surface area contributed by atoms with Gasteiger partial charge in [-0.25, -0.2) is 0 Å². The SMILES string of the molecule is COc1ccc(C2(CNC(=O)[C@H]3CC(=O)N(C)C3)CCOCC2)cc1. The third-order valence-electron chi connectivity index (χ3n) is 5.47. The van der Waals surface area contributed by atoms with Crippen LogP contribution in [0, 0.1) is 5.92 Å². The minimum atomic E-state index is -0.245. The van der Waals surface area contributed by atoms with Crippen molar-refractivity contribution in [2.75, 3.05) is 40.5 Å². The summed E-state index contributed by atoms with van der Waals surface area (Å²) in [7, 11) is 3.40. The summed E-state index contributed by atoms with van der Waals surface area (Å²) in [6.07, 6.45) is 2.03. The van der Waals surface area contributed by atoms with Gasteiger partial charge in [0.05, 0.1) is 13.0 Å². The van der Waals surface area contributed by atoms with Crippen molar-refractivity contribution in [1.29, 1.82) is 0 Å². The lowest BCUT2D eigenvalue weighted by Gasteiger charge is -2.38. The number of carbonyl (C=O) groups is 2. The number of hydrogen-bond acceptors (Lipinski definition) is 4. The maximum Gasteiger partial charge on any atom is 0.225 e. The Hall–Kier alpha value is -2.08. The van der Waals surface area contributed by atoms with E-state index in [2.05, 4.69) is 17.4 Å². The van der Waals surface area contributed by atoms with Crippen molar-refractivity contribution in [2.24, 2.45) is 5.92 Å². The first-order valence-electron chi connectivity index (χ1n) is 8.78. The summed E-state index contributed by atoms with van der Waals surface area (Å²) in [4.78, 5) is 25.8. The molecule has 2 amide bonds. The van der Waals surface area contributed by atoms with Crippen LogP contribution in [-0.4, -0.2) is 57.2 Å². The Morgan fingerprint density at radius 2 is 2.00 bits per heavy atom. The van der Waals surface area contributed by atoms with Gasteiger partial charge in [-0.1, -0.05) is 12.1 Å². The molecule has 0 spiro atoms. The molecule has 136 valence electrons. The molecule has 1 aromatic carbocycles.